The van der Waals surface area contributed by atoms with E-state index in [1.54, 1.807) is 17.0 Å². The van der Waals surface area contributed by atoms with Gasteiger partial charge in [-0.25, -0.2) is 9.97 Å². The lowest BCUT2D eigenvalue weighted by molar-refractivity contribution is 0.465. The number of thiazole rings is 1. The Hall–Kier alpha value is -2.25. The highest BCUT2D eigenvalue weighted by Gasteiger charge is 2.08. The predicted octanol–water partition coefficient (Wildman–Crippen LogP) is 1.61. The molecule has 3 N–H and O–H groups in total. The molecule has 2 aromatic heterocycles. The lowest BCUT2D eigenvalue weighted by atomic mass is 10.2. The molecule has 1 atom stereocenters. The van der Waals surface area contributed by atoms with Gasteiger partial charge in [-0.05, 0) is 19.1 Å². The molecule has 22 heavy (non-hydrogen) atoms. The fourth-order valence-electron chi connectivity index (χ4n) is 2.28. The Morgan fingerprint density at radius 2 is 2.23 bits per heavy atom. The maximum atomic E-state index is 12.4. The van der Waals surface area contributed by atoms with Crippen molar-refractivity contribution in [1.29, 1.82) is 0 Å². The number of anilines is 1. The SMILES string of the molecule is CC(Cn1cnc2ccccc2c1=O)NCc1csc(N)n1. The zero-order valence-corrected chi connectivity index (χ0v) is 13.0. The maximum absolute atomic E-state index is 12.4. The molecule has 0 aliphatic rings. The number of hydrogen-bond donors (Lipinski definition) is 2. The minimum Gasteiger partial charge on any atom is -0.375 e. The Balaban J connectivity index is 1.70. The van der Waals surface area contributed by atoms with Gasteiger partial charge in [0.15, 0.2) is 5.13 Å². The number of rotatable bonds is 5. The number of nitrogens with one attached hydrogen (secondary N) is 1. The summed E-state index contributed by atoms with van der Waals surface area (Å²) in [5.41, 5.74) is 7.23. The van der Waals surface area contributed by atoms with Crippen molar-refractivity contribution in [1.82, 2.24) is 19.9 Å². The molecule has 0 radical (unpaired) electrons. The molecule has 3 rings (SSSR count). The number of nitrogens with zero attached hydrogens (tertiary/aromatic N) is 3. The lowest BCUT2D eigenvalue weighted by Crippen LogP contribution is -2.34. The standard InChI is InChI=1S/C15H17N5OS/c1-10(17-6-11-8-22-15(16)19-11)7-20-9-18-13-5-3-2-4-12(13)14(20)21/h2-5,8-10,17H,6-7H2,1H3,(H2,16,19). The summed E-state index contributed by atoms with van der Waals surface area (Å²) in [4.78, 5) is 20.9. The van der Waals surface area contributed by atoms with Crippen LogP contribution in [0.4, 0.5) is 5.13 Å². The zero-order valence-electron chi connectivity index (χ0n) is 12.2. The quantitative estimate of drug-likeness (QED) is 0.747. The first-order chi connectivity index (χ1) is 10.6. The number of aromatic nitrogens is 3. The molecule has 114 valence electrons. The van der Waals surface area contributed by atoms with E-state index >= 15 is 0 Å². The van der Waals surface area contributed by atoms with Crippen LogP contribution in [0.1, 0.15) is 12.6 Å². The molecule has 0 aliphatic heterocycles. The minimum absolute atomic E-state index is 0.0165. The van der Waals surface area contributed by atoms with Crippen LogP contribution < -0.4 is 16.6 Å². The average molecular weight is 315 g/mol. The fraction of sp³-hybridized carbons (Fsp3) is 0.267. The molecule has 1 aromatic carbocycles. The smallest absolute Gasteiger partial charge is 0.261 e. The number of nitrogen functional groups attached to an aromatic ring is 1. The number of hydrogen-bond acceptors (Lipinski definition) is 6. The zero-order chi connectivity index (χ0) is 15.5. The predicted molar refractivity (Wildman–Crippen MR) is 88.8 cm³/mol. The van der Waals surface area contributed by atoms with Crippen molar-refractivity contribution in [2.24, 2.45) is 0 Å². The summed E-state index contributed by atoms with van der Waals surface area (Å²) in [6.07, 6.45) is 1.60. The number of fused-ring (bicyclic) bond motifs is 1. The van der Waals surface area contributed by atoms with Crippen molar-refractivity contribution >= 4 is 27.4 Å². The highest BCUT2D eigenvalue weighted by Crippen LogP contribution is 2.10. The molecule has 6 nitrogen and oxygen atoms in total. The molecule has 7 heteroatoms. The number of para-hydroxylation sites is 1. The molecule has 0 aliphatic carbocycles. The summed E-state index contributed by atoms with van der Waals surface area (Å²) in [5, 5.41) is 6.48. The number of nitrogens with two attached hydrogens (primary N) is 1. The maximum Gasteiger partial charge on any atom is 0.261 e. The van der Waals surface area contributed by atoms with Gasteiger partial charge >= 0.3 is 0 Å². The van der Waals surface area contributed by atoms with Gasteiger partial charge in [-0.1, -0.05) is 12.1 Å². The summed E-state index contributed by atoms with van der Waals surface area (Å²) in [7, 11) is 0. The van der Waals surface area contributed by atoms with Gasteiger partial charge in [0, 0.05) is 24.5 Å². The van der Waals surface area contributed by atoms with Gasteiger partial charge < -0.3 is 11.1 Å². The van der Waals surface area contributed by atoms with Crippen LogP contribution in [0.5, 0.6) is 0 Å². The van der Waals surface area contributed by atoms with E-state index in [2.05, 4.69) is 15.3 Å². The first-order valence-electron chi connectivity index (χ1n) is 7.01. The summed E-state index contributed by atoms with van der Waals surface area (Å²) in [6.45, 7) is 3.21. The second-order valence-corrected chi connectivity index (χ2v) is 6.07. The first-order valence-corrected chi connectivity index (χ1v) is 7.89. The van der Waals surface area contributed by atoms with Crippen molar-refractivity contribution in [3.8, 4) is 0 Å². The van der Waals surface area contributed by atoms with E-state index in [0.29, 0.717) is 23.6 Å². The Labute approximate surface area is 131 Å². The summed E-state index contributed by atoms with van der Waals surface area (Å²) in [5.74, 6) is 0. The van der Waals surface area contributed by atoms with Crippen LogP contribution in [-0.4, -0.2) is 20.6 Å². The fourth-order valence-corrected chi connectivity index (χ4v) is 2.84. The molecule has 0 saturated heterocycles. The summed E-state index contributed by atoms with van der Waals surface area (Å²) in [6, 6.07) is 7.49. The van der Waals surface area contributed by atoms with Gasteiger partial charge in [0.1, 0.15) is 0 Å². The highest BCUT2D eigenvalue weighted by atomic mass is 32.1. The van der Waals surface area contributed by atoms with Gasteiger partial charge in [0.05, 0.1) is 22.9 Å². The molecule has 0 spiro atoms. The van der Waals surface area contributed by atoms with Gasteiger partial charge in [-0.15, -0.1) is 11.3 Å². The molecule has 1 unspecified atom stereocenters. The topological polar surface area (TPSA) is 85.8 Å². The normalized spacial score (nSPS) is 12.6. The van der Waals surface area contributed by atoms with E-state index in [9.17, 15) is 4.79 Å². The Bertz CT molecular complexity index is 841. The van der Waals surface area contributed by atoms with Crippen molar-refractivity contribution in [2.45, 2.75) is 26.1 Å². The molecular formula is C15H17N5OS. The second kappa shape index (κ2) is 6.25. The molecule has 2 heterocycles. The van der Waals surface area contributed by atoms with Crippen LogP contribution in [0.15, 0.2) is 40.8 Å². The van der Waals surface area contributed by atoms with Gasteiger partial charge in [0.2, 0.25) is 0 Å². The van der Waals surface area contributed by atoms with Crippen LogP contribution in [-0.2, 0) is 13.1 Å². The molecular weight excluding hydrogens is 298 g/mol. The van der Waals surface area contributed by atoms with Crippen LogP contribution in [0, 0.1) is 0 Å². The Morgan fingerprint density at radius 3 is 3.00 bits per heavy atom. The molecule has 0 bridgehead atoms. The Kier molecular flexibility index (Phi) is 4.17. The molecule has 0 amide bonds. The summed E-state index contributed by atoms with van der Waals surface area (Å²) < 4.78 is 1.63. The van der Waals surface area contributed by atoms with Gasteiger partial charge in [-0.2, -0.15) is 0 Å². The van der Waals surface area contributed by atoms with Crippen LogP contribution >= 0.6 is 11.3 Å². The van der Waals surface area contributed by atoms with E-state index in [-0.39, 0.29) is 11.6 Å². The first kappa shape index (κ1) is 14.7. The average Bonchev–Trinajstić information content (AvgIpc) is 2.94. The third-order valence-corrected chi connectivity index (χ3v) is 4.13. The van der Waals surface area contributed by atoms with Crippen LogP contribution in [0.3, 0.4) is 0 Å². The van der Waals surface area contributed by atoms with Crippen molar-refractivity contribution in [3.63, 3.8) is 0 Å². The Morgan fingerprint density at radius 1 is 1.41 bits per heavy atom. The van der Waals surface area contributed by atoms with Crippen LogP contribution in [0.2, 0.25) is 0 Å². The van der Waals surface area contributed by atoms with Crippen LogP contribution in [0.25, 0.3) is 10.9 Å². The monoisotopic (exact) mass is 315 g/mol. The minimum atomic E-state index is -0.0165. The molecule has 0 saturated carbocycles. The highest BCUT2D eigenvalue weighted by molar-refractivity contribution is 7.13. The van der Waals surface area contributed by atoms with E-state index in [1.807, 2.05) is 30.5 Å². The number of benzene rings is 1. The van der Waals surface area contributed by atoms with E-state index < -0.39 is 0 Å². The van der Waals surface area contributed by atoms with E-state index in [0.717, 1.165) is 11.2 Å². The van der Waals surface area contributed by atoms with Crippen molar-refractivity contribution in [2.75, 3.05) is 5.73 Å². The lowest BCUT2D eigenvalue weighted by Gasteiger charge is -2.14. The largest absolute Gasteiger partial charge is 0.375 e. The summed E-state index contributed by atoms with van der Waals surface area (Å²) >= 11 is 1.43. The molecule has 0 fully saturated rings. The van der Waals surface area contributed by atoms with Crippen molar-refractivity contribution in [3.05, 3.63) is 52.0 Å². The van der Waals surface area contributed by atoms with E-state index in [1.165, 1.54) is 11.3 Å². The van der Waals surface area contributed by atoms with E-state index in [4.69, 9.17) is 5.73 Å². The molecule has 3 aromatic rings. The van der Waals surface area contributed by atoms with Gasteiger partial charge in [-0.3, -0.25) is 9.36 Å². The van der Waals surface area contributed by atoms with Gasteiger partial charge in [0.25, 0.3) is 5.56 Å². The third kappa shape index (κ3) is 3.15. The van der Waals surface area contributed by atoms with Crippen molar-refractivity contribution < 1.29 is 0 Å². The third-order valence-electron chi connectivity index (χ3n) is 3.40. The second-order valence-electron chi connectivity index (χ2n) is 5.18.